The molecule has 82 valence electrons. The van der Waals surface area contributed by atoms with Gasteiger partial charge in [-0.2, -0.15) is 0 Å². The van der Waals surface area contributed by atoms with Gasteiger partial charge < -0.3 is 4.74 Å². The molecule has 0 fully saturated rings. The maximum Gasteiger partial charge on any atom is 0.178 e. The molecule has 0 aliphatic heterocycles. The summed E-state index contributed by atoms with van der Waals surface area (Å²) in [6, 6.07) is 5.68. The van der Waals surface area contributed by atoms with Gasteiger partial charge in [0.1, 0.15) is 5.75 Å². The van der Waals surface area contributed by atoms with Gasteiger partial charge in [-0.05, 0) is 18.2 Å². The Hall–Kier alpha value is -1.20. The molecule has 1 aromatic carbocycles. The van der Waals surface area contributed by atoms with Gasteiger partial charge >= 0.3 is 0 Å². The zero-order valence-electron chi connectivity index (χ0n) is 8.44. The van der Waals surface area contributed by atoms with Crippen molar-refractivity contribution in [3.63, 3.8) is 0 Å². The number of thiazole rings is 1. The Labute approximate surface area is 105 Å². The number of aromatic nitrogens is 1. The summed E-state index contributed by atoms with van der Waals surface area (Å²) in [6.45, 7) is 0. The highest BCUT2D eigenvalue weighted by atomic mass is 79.9. The normalized spacial score (nSPS) is 10.1. The van der Waals surface area contributed by atoms with E-state index >= 15 is 0 Å². The van der Waals surface area contributed by atoms with Crippen LogP contribution < -0.4 is 4.74 Å². The number of carbonyl (C=O) groups is 1. The van der Waals surface area contributed by atoms with E-state index in [0.717, 1.165) is 27.8 Å². The molecule has 0 saturated heterocycles. The lowest BCUT2D eigenvalue weighted by Gasteiger charge is -2.06. The van der Waals surface area contributed by atoms with Crippen LogP contribution in [0.1, 0.15) is 9.80 Å². The van der Waals surface area contributed by atoms with Crippen molar-refractivity contribution in [1.82, 2.24) is 4.98 Å². The molecule has 1 aromatic heterocycles. The first-order chi connectivity index (χ1) is 7.74. The molecule has 0 spiro atoms. The smallest absolute Gasteiger partial charge is 0.178 e. The molecule has 3 nitrogen and oxygen atoms in total. The lowest BCUT2D eigenvalue weighted by Crippen LogP contribution is -1.88. The van der Waals surface area contributed by atoms with Crippen LogP contribution in [0.25, 0.3) is 11.3 Å². The summed E-state index contributed by atoms with van der Waals surface area (Å²) in [6.07, 6.45) is 0.749. The van der Waals surface area contributed by atoms with E-state index in [0.29, 0.717) is 5.01 Å². The number of ether oxygens (including phenoxy) is 1. The molecule has 1 heterocycles. The van der Waals surface area contributed by atoms with Crippen molar-refractivity contribution in [2.75, 3.05) is 7.11 Å². The largest absolute Gasteiger partial charge is 0.496 e. The Morgan fingerprint density at radius 1 is 1.50 bits per heavy atom. The maximum absolute atomic E-state index is 10.6. The number of carbonyl (C=O) groups excluding carboxylic acids is 1. The van der Waals surface area contributed by atoms with Crippen LogP contribution in [0.3, 0.4) is 0 Å². The van der Waals surface area contributed by atoms with Gasteiger partial charge in [0.25, 0.3) is 0 Å². The minimum absolute atomic E-state index is 0.469. The molecule has 0 atom stereocenters. The molecule has 0 bridgehead atoms. The predicted octanol–water partition coefficient (Wildman–Crippen LogP) is 3.39. The van der Waals surface area contributed by atoms with Crippen molar-refractivity contribution in [1.29, 1.82) is 0 Å². The Bertz CT molecular complexity index is 524. The first-order valence-electron chi connectivity index (χ1n) is 4.49. The molecule has 0 aliphatic carbocycles. The lowest BCUT2D eigenvalue weighted by atomic mass is 10.1. The van der Waals surface area contributed by atoms with Gasteiger partial charge in [-0.25, -0.2) is 4.98 Å². The summed E-state index contributed by atoms with van der Waals surface area (Å²) in [7, 11) is 1.61. The van der Waals surface area contributed by atoms with Gasteiger partial charge in [-0.3, -0.25) is 4.79 Å². The summed E-state index contributed by atoms with van der Waals surface area (Å²) in [5, 5.41) is 2.31. The average Bonchev–Trinajstić information content (AvgIpc) is 2.77. The van der Waals surface area contributed by atoms with Crippen molar-refractivity contribution < 1.29 is 9.53 Å². The first-order valence-corrected chi connectivity index (χ1v) is 6.16. The number of benzene rings is 1. The summed E-state index contributed by atoms with van der Waals surface area (Å²) in [5.74, 6) is 0.742. The fourth-order valence-electron chi connectivity index (χ4n) is 1.35. The Morgan fingerprint density at radius 2 is 2.31 bits per heavy atom. The van der Waals surface area contributed by atoms with Crippen LogP contribution in [0.4, 0.5) is 0 Å². The van der Waals surface area contributed by atoms with Crippen LogP contribution in [0.15, 0.2) is 28.1 Å². The van der Waals surface area contributed by atoms with E-state index in [9.17, 15) is 4.79 Å². The van der Waals surface area contributed by atoms with Crippen LogP contribution in [0.5, 0.6) is 5.75 Å². The zero-order valence-corrected chi connectivity index (χ0v) is 10.8. The summed E-state index contributed by atoms with van der Waals surface area (Å²) in [4.78, 5) is 14.8. The predicted molar refractivity (Wildman–Crippen MR) is 67.2 cm³/mol. The van der Waals surface area contributed by atoms with Crippen molar-refractivity contribution >= 4 is 33.6 Å². The molecule has 2 aromatic rings. The molecule has 0 amide bonds. The zero-order chi connectivity index (χ0) is 11.5. The van der Waals surface area contributed by atoms with Gasteiger partial charge in [-0.1, -0.05) is 15.9 Å². The number of aldehydes is 1. The Morgan fingerprint density at radius 3 is 2.94 bits per heavy atom. The van der Waals surface area contributed by atoms with Crippen molar-refractivity contribution in [3.8, 4) is 17.0 Å². The topological polar surface area (TPSA) is 39.2 Å². The van der Waals surface area contributed by atoms with E-state index in [4.69, 9.17) is 4.74 Å². The number of rotatable bonds is 3. The molecule has 0 N–H and O–H groups in total. The standard InChI is InChI=1S/C11H8BrNO2S/c1-15-10-3-2-7(12)4-8(10)9-6-16-11(5-14)13-9/h2-6H,1H3. The monoisotopic (exact) mass is 297 g/mol. The molecule has 0 radical (unpaired) electrons. The number of hydrogen-bond acceptors (Lipinski definition) is 4. The van der Waals surface area contributed by atoms with Crippen molar-refractivity contribution in [2.45, 2.75) is 0 Å². The molecular formula is C11H8BrNO2S. The summed E-state index contributed by atoms with van der Waals surface area (Å²) < 4.78 is 6.20. The van der Waals surface area contributed by atoms with Crippen molar-refractivity contribution in [2.24, 2.45) is 0 Å². The van der Waals surface area contributed by atoms with Gasteiger partial charge in [0.2, 0.25) is 0 Å². The van der Waals surface area contributed by atoms with Gasteiger partial charge in [0.15, 0.2) is 11.3 Å². The molecule has 0 saturated carbocycles. The molecule has 5 heteroatoms. The molecule has 0 aliphatic rings. The third-order valence-electron chi connectivity index (χ3n) is 2.06. The minimum Gasteiger partial charge on any atom is -0.496 e. The SMILES string of the molecule is COc1ccc(Br)cc1-c1csc(C=O)n1. The molecule has 2 rings (SSSR count). The van der Waals surface area contributed by atoms with Gasteiger partial charge in [0.05, 0.1) is 12.8 Å². The highest BCUT2D eigenvalue weighted by Gasteiger charge is 2.10. The van der Waals surface area contributed by atoms with Crippen LogP contribution >= 0.6 is 27.3 Å². The van der Waals surface area contributed by atoms with Crippen LogP contribution in [-0.2, 0) is 0 Å². The van der Waals surface area contributed by atoms with E-state index in [1.165, 1.54) is 11.3 Å². The maximum atomic E-state index is 10.6. The second-order valence-corrected chi connectivity index (χ2v) is 4.84. The van der Waals surface area contributed by atoms with Crippen LogP contribution in [0, 0.1) is 0 Å². The van der Waals surface area contributed by atoms with Crippen molar-refractivity contribution in [3.05, 3.63) is 33.1 Å². The quantitative estimate of drug-likeness (QED) is 0.815. The van der Waals surface area contributed by atoms with Gasteiger partial charge in [-0.15, -0.1) is 11.3 Å². The highest BCUT2D eigenvalue weighted by molar-refractivity contribution is 9.10. The number of methoxy groups -OCH3 is 1. The van der Waals surface area contributed by atoms with E-state index in [2.05, 4.69) is 20.9 Å². The Kier molecular flexibility index (Phi) is 3.36. The second-order valence-electron chi connectivity index (χ2n) is 3.03. The average molecular weight is 298 g/mol. The first kappa shape index (κ1) is 11.3. The van der Waals surface area contributed by atoms with Gasteiger partial charge in [0, 0.05) is 15.4 Å². The number of nitrogens with zero attached hydrogens (tertiary/aromatic N) is 1. The molecular weight excluding hydrogens is 290 g/mol. The lowest BCUT2D eigenvalue weighted by molar-refractivity contribution is 0.112. The highest BCUT2D eigenvalue weighted by Crippen LogP contribution is 2.32. The second kappa shape index (κ2) is 4.76. The third kappa shape index (κ3) is 2.15. The molecule has 16 heavy (non-hydrogen) atoms. The third-order valence-corrected chi connectivity index (χ3v) is 3.32. The van der Waals surface area contributed by atoms with E-state index < -0.39 is 0 Å². The summed E-state index contributed by atoms with van der Waals surface area (Å²) >= 11 is 4.72. The summed E-state index contributed by atoms with van der Waals surface area (Å²) in [5.41, 5.74) is 1.63. The van der Waals surface area contributed by atoms with E-state index in [1.807, 2.05) is 23.6 Å². The molecule has 0 unspecified atom stereocenters. The fourth-order valence-corrected chi connectivity index (χ4v) is 2.33. The van der Waals surface area contributed by atoms with E-state index in [-0.39, 0.29) is 0 Å². The van der Waals surface area contributed by atoms with Crippen LogP contribution in [0.2, 0.25) is 0 Å². The number of halogens is 1. The number of hydrogen-bond donors (Lipinski definition) is 0. The Balaban J connectivity index is 2.53. The van der Waals surface area contributed by atoms with E-state index in [1.54, 1.807) is 7.11 Å². The minimum atomic E-state index is 0.469. The fraction of sp³-hybridized carbons (Fsp3) is 0.0909. The van der Waals surface area contributed by atoms with Crippen LogP contribution in [-0.4, -0.2) is 18.4 Å².